The second kappa shape index (κ2) is 2.64. The highest BCUT2D eigenvalue weighted by molar-refractivity contribution is 7.73. The van der Waals surface area contributed by atoms with Crippen LogP contribution in [0.5, 0.6) is 0 Å². The highest BCUT2D eigenvalue weighted by Crippen LogP contribution is 1.95. The quantitative estimate of drug-likeness (QED) is 0.456. The smallest absolute Gasteiger partial charge is 0.184 e. The van der Waals surface area contributed by atoms with Crippen molar-refractivity contribution >= 4 is 15.2 Å². The minimum atomic E-state index is -2.05. The lowest BCUT2D eigenvalue weighted by molar-refractivity contribution is 0.627. The van der Waals surface area contributed by atoms with Gasteiger partial charge in [0.05, 0.1) is 4.86 Å². The van der Waals surface area contributed by atoms with Crippen molar-refractivity contribution in [1.82, 2.24) is 0 Å². The fourth-order valence-corrected chi connectivity index (χ4v) is 0.947. The van der Waals surface area contributed by atoms with Gasteiger partial charge in [0.25, 0.3) is 0 Å². The number of rotatable bonds is 0. The van der Waals surface area contributed by atoms with Crippen molar-refractivity contribution in [3.05, 3.63) is 24.3 Å². The average Bonchev–Trinajstić information content (AvgIpc) is 1.90. The van der Waals surface area contributed by atoms with Crippen LogP contribution < -0.4 is 0 Å². The Morgan fingerprint density at radius 2 is 2.33 bits per heavy atom. The molecule has 0 saturated heterocycles. The van der Waals surface area contributed by atoms with E-state index in [1.807, 2.05) is 0 Å². The minimum Gasteiger partial charge on any atom is -0.184 e. The standard InChI is InChI=1S/C6H5O2S/c7-9(8)6-4-2-1-3-5-6/h1-2,4H,5H2. The van der Waals surface area contributed by atoms with E-state index < -0.39 is 10.3 Å². The molecular weight excluding hydrogens is 136 g/mol. The van der Waals surface area contributed by atoms with Gasteiger partial charge in [0.15, 0.2) is 0 Å². The van der Waals surface area contributed by atoms with Crippen molar-refractivity contribution < 1.29 is 8.42 Å². The molecule has 0 aliphatic heterocycles. The van der Waals surface area contributed by atoms with Crippen LogP contribution in [0.3, 0.4) is 0 Å². The summed E-state index contributed by atoms with van der Waals surface area (Å²) in [5, 5.41) is 0. The lowest BCUT2D eigenvalue weighted by atomic mass is 10.2. The van der Waals surface area contributed by atoms with Crippen molar-refractivity contribution in [1.29, 1.82) is 0 Å². The molecule has 1 radical (unpaired) electrons. The molecule has 0 aromatic carbocycles. The van der Waals surface area contributed by atoms with E-state index in [1.165, 1.54) is 0 Å². The van der Waals surface area contributed by atoms with Gasteiger partial charge in [-0.05, 0) is 12.2 Å². The lowest BCUT2D eigenvalue weighted by Gasteiger charge is -1.91. The molecule has 3 heteroatoms. The number of allylic oxidation sites excluding steroid dienone is 4. The molecule has 0 bridgehead atoms. The second-order valence-electron chi connectivity index (χ2n) is 1.61. The molecule has 47 valence electrons. The maximum atomic E-state index is 10.2. The van der Waals surface area contributed by atoms with E-state index in [9.17, 15) is 8.42 Å². The molecule has 9 heavy (non-hydrogen) atoms. The largest absolute Gasteiger partial charge is 0.217 e. The molecule has 0 saturated carbocycles. The summed E-state index contributed by atoms with van der Waals surface area (Å²) in [6, 6.07) is 0. The summed E-state index contributed by atoms with van der Waals surface area (Å²) in [5.41, 5.74) is 0. The maximum Gasteiger partial charge on any atom is 0.217 e. The zero-order valence-electron chi connectivity index (χ0n) is 4.66. The molecule has 0 aromatic heterocycles. The maximum absolute atomic E-state index is 10.2. The normalized spacial score (nSPS) is 16.2. The molecule has 0 amide bonds. The predicted octanol–water partition coefficient (Wildman–Crippen LogP) is 0.357. The summed E-state index contributed by atoms with van der Waals surface area (Å²) in [7, 11) is -2.05. The minimum absolute atomic E-state index is 0.400. The van der Waals surface area contributed by atoms with Crippen LogP contribution in [-0.2, 0) is 10.3 Å². The number of hydrogen-bond acceptors (Lipinski definition) is 2. The van der Waals surface area contributed by atoms with E-state index in [0.29, 0.717) is 11.3 Å². The Morgan fingerprint density at radius 1 is 1.56 bits per heavy atom. The van der Waals surface area contributed by atoms with Crippen molar-refractivity contribution in [2.24, 2.45) is 0 Å². The molecule has 0 heterocycles. The third kappa shape index (κ3) is 1.54. The van der Waals surface area contributed by atoms with Crippen LogP contribution in [0.2, 0.25) is 0 Å². The first-order chi connectivity index (χ1) is 4.30. The van der Waals surface area contributed by atoms with Gasteiger partial charge < -0.3 is 0 Å². The van der Waals surface area contributed by atoms with Gasteiger partial charge in [0.2, 0.25) is 10.3 Å². The van der Waals surface area contributed by atoms with Gasteiger partial charge in [-0.25, -0.2) is 0 Å². The zero-order chi connectivity index (χ0) is 6.69. The molecule has 0 N–H and O–H groups in total. The van der Waals surface area contributed by atoms with Crippen molar-refractivity contribution in [2.75, 3.05) is 0 Å². The lowest BCUT2D eigenvalue weighted by Crippen LogP contribution is -1.95. The first-order valence-electron chi connectivity index (χ1n) is 2.49. The Bertz CT molecular complexity index is 272. The third-order valence-corrected chi connectivity index (χ3v) is 1.70. The van der Waals surface area contributed by atoms with Gasteiger partial charge in [-0.2, -0.15) is 8.42 Å². The highest BCUT2D eigenvalue weighted by Gasteiger charge is 1.95. The van der Waals surface area contributed by atoms with E-state index in [-0.39, 0.29) is 0 Å². The monoisotopic (exact) mass is 141 g/mol. The molecule has 1 aliphatic carbocycles. The summed E-state index contributed by atoms with van der Waals surface area (Å²) in [4.78, 5) is 0.400. The zero-order valence-corrected chi connectivity index (χ0v) is 5.48. The average molecular weight is 141 g/mol. The molecule has 0 unspecified atom stereocenters. The van der Waals surface area contributed by atoms with Crippen LogP contribution in [0.1, 0.15) is 6.42 Å². The van der Waals surface area contributed by atoms with Crippen molar-refractivity contribution in [3.8, 4) is 0 Å². The topological polar surface area (TPSA) is 34.1 Å². The van der Waals surface area contributed by atoms with Gasteiger partial charge in [0, 0.05) is 6.42 Å². The van der Waals surface area contributed by atoms with Crippen LogP contribution in [0, 0.1) is 6.08 Å². The van der Waals surface area contributed by atoms with Crippen LogP contribution in [0.4, 0.5) is 0 Å². The van der Waals surface area contributed by atoms with Crippen molar-refractivity contribution in [2.45, 2.75) is 6.42 Å². The van der Waals surface area contributed by atoms with Crippen LogP contribution >= 0.6 is 0 Å². The molecule has 1 rings (SSSR count). The highest BCUT2D eigenvalue weighted by atomic mass is 32.2. The van der Waals surface area contributed by atoms with E-state index in [0.717, 1.165) is 0 Å². The second-order valence-corrected chi connectivity index (χ2v) is 2.60. The molecule has 0 spiro atoms. The Morgan fingerprint density at radius 3 is 2.67 bits per heavy atom. The summed E-state index contributed by atoms with van der Waals surface area (Å²) in [6.07, 6.45) is 8.12. The van der Waals surface area contributed by atoms with E-state index >= 15 is 0 Å². The summed E-state index contributed by atoms with van der Waals surface area (Å²) >= 11 is 0. The molecule has 0 atom stereocenters. The third-order valence-electron chi connectivity index (χ3n) is 0.987. The summed E-state index contributed by atoms with van der Waals surface area (Å²) in [5.74, 6) is 0. The number of hydrogen-bond donors (Lipinski definition) is 0. The van der Waals surface area contributed by atoms with Gasteiger partial charge >= 0.3 is 0 Å². The van der Waals surface area contributed by atoms with E-state index in [2.05, 4.69) is 6.08 Å². The molecule has 0 aromatic rings. The molecule has 1 aliphatic rings. The fraction of sp³-hybridized carbons (Fsp3) is 0.167. The summed E-state index contributed by atoms with van der Waals surface area (Å²) in [6.45, 7) is 0. The van der Waals surface area contributed by atoms with Gasteiger partial charge in [-0.3, -0.25) is 0 Å². The first-order valence-corrected chi connectivity index (χ1v) is 3.56. The SMILES string of the molecule is O=S(=O)=C1C=CC=[C]C1. The van der Waals surface area contributed by atoms with Gasteiger partial charge in [-0.15, -0.1) is 0 Å². The Kier molecular flexibility index (Phi) is 1.85. The fourth-order valence-electron chi connectivity index (χ4n) is 0.556. The van der Waals surface area contributed by atoms with E-state index in [1.54, 1.807) is 18.2 Å². The van der Waals surface area contributed by atoms with Gasteiger partial charge in [0.1, 0.15) is 0 Å². The van der Waals surface area contributed by atoms with E-state index in [4.69, 9.17) is 0 Å². The van der Waals surface area contributed by atoms with Crippen LogP contribution in [0.25, 0.3) is 0 Å². The predicted molar refractivity (Wildman–Crippen MR) is 35.5 cm³/mol. The van der Waals surface area contributed by atoms with Crippen LogP contribution in [0.15, 0.2) is 18.2 Å². The Hall–Kier alpha value is -0.830. The van der Waals surface area contributed by atoms with Gasteiger partial charge in [-0.1, -0.05) is 12.2 Å². The molecule has 2 nitrogen and oxygen atoms in total. The van der Waals surface area contributed by atoms with Crippen molar-refractivity contribution in [3.63, 3.8) is 0 Å². The molecule has 0 fully saturated rings. The molecular formula is C6H5O2S. The Balaban J connectivity index is 3.05. The van der Waals surface area contributed by atoms with Crippen LogP contribution in [-0.4, -0.2) is 13.3 Å². The first kappa shape index (κ1) is 6.29. The summed E-state index contributed by atoms with van der Waals surface area (Å²) < 4.78 is 20.4. The Labute approximate surface area is 55.0 Å².